The minimum absolute atomic E-state index is 0.0478. The first kappa shape index (κ1) is 43.8. The van der Waals surface area contributed by atoms with Crippen molar-refractivity contribution < 1.29 is 42.2 Å². The maximum absolute atomic E-state index is 14.8. The third-order valence-corrected chi connectivity index (χ3v) is 15.2. The average Bonchev–Trinajstić information content (AvgIpc) is 3.64. The summed E-state index contributed by atoms with van der Waals surface area (Å²) in [4.78, 5) is 54.1. The number of fused-ring (bicyclic) bond motifs is 3. The molecule has 0 unspecified atom stereocenters. The van der Waals surface area contributed by atoms with E-state index in [1.165, 1.54) is 16.2 Å². The second-order valence-corrected chi connectivity index (χ2v) is 19.5. The fraction of sp³-hybridized carbons (Fsp3) is 0.605. The molecule has 15 nitrogen and oxygen atoms in total. The zero-order chi connectivity index (χ0) is 42.4. The molecule has 3 aromatic rings. The summed E-state index contributed by atoms with van der Waals surface area (Å²) in [7, 11) is -2.27. The van der Waals surface area contributed by atoms with E-state index in [9.17, 15) is 18.9 Å². The Kier molecular flexibility index (Phi) is 14.0. The topological polar surface area (TPSA) is 180 Å². The molecule has 1 aromatic carbocycles. The first-order valence-electron chi connectivity index (χ1n) is 21.5. The molecule has 0 radical (unpaired) electrons. The Morgan fingerprint density at radius 2 is 1.78 bits per heavy atom. The van der Waals surface area contributed by atoms with E-state index < -0.39 is 49.0 Å². The van der Waals surface area contributed by atoms with Gasteiger partial charge in [-0.05, 0) is 91.2 Å². The van der Waals surface area contributed by atoms with Crippen LogP contribution in [0.15, 0.2) is 41.8 Å². The van der Waals surface area contributed by atoms with E-state index in [4.69, 9.17) is 33.2 Å². The van der Waals surface area contributed by atoms with E-state index in [2.05, 4.69) is 22.0 Å². The molecule has 4 aliphatic rings. The van der Waals surface area contributed by atoms with Crippen molar-refractivity contribution in [2.75, 3.05) is 32.2 Å². The number of nitrogens with one attached hydrogen (secondary N) is 3. The molecule has 2 aromatic heterocycles. The molecule has 7 rings (SSSR count). The Balaban J connectivity index is 1.23. The molecule has 326 valence electrons. The lowest BCUT2D eigenvalue weighted by atomic mass is 10.0. The molecule has 1 saturated heterocycles. The molecular weight excluding hydrogens is 808 g/mol. The van der Waals surface area contributed by atoms with Crippen molar-refractivity contribution in [3.63, 3.8) is 0 Å². The maximum Gasteiger partial charge on any atom is 0.408 e. The Labute approximate surface area is 356 Å². The van der Waals surface area contributed by atoms with Crippen LogP contribution in [-0.4, -0.2) is 95.3 Å². The summed E-state index contributed by atoms with van der Waals surface area (Å²) in [6.45, 7) is 7.89. The highest BCUT2D eigenvalue weighted by molar-refractivity contribution is 7.56. The summed E-state index contributed by atoms with van der Waals surface area (Å²) in [5.74, 6) is -0.0654. The van der Waals surface area contributed by atoms with Crippen molar-refractivity contribution in [3.8, 4) is 22.9 Å². The molecule has 2 aliphatic carbocycles. The number of allylic oxidation sites excluding steroid dienone is 1. The van der Waals surface area contributed by atoms with Crippen molar-refractivity contribution in [1.29, 1.82) is 0 Å². The fourth-order valence-electron chi connectivity index (χ4n) is 8.57. The normalized spacial score (nSPS) is 25.8. The predicted octanol–water partition coefficient (Wildman–Crippen LogP) is 8.19. The SMILES string of the molecule is CCOP(=O)(OCC)[C@@]12C[C@@H]1/C=C\CCCCC[C@H](NC(=O)OC1CCCC1)C(=O)N1C[C@H](Oc3cc(-c4csc(NC(C)C)n4)nc4cc(OC)ccc34)C[C@H]1C(=O)N2. The van der Waals surface area contributed by atoms with Gasteiger partial charge < -0.3 is 44.1 Å². The number of nitrogens with zero attached hydrogens (tertiary/aromatic N) is 3. The summed E-state index contributed by atoms with van der Waals surface area (Å²) in [6.07, 6.45) is 10.1. The van der Waals surface area contributed by atoms with Crippen LogP contribution in [0.3, 0.4) is 0 Å². The van der Waals surface area contributed by atoms with Crippen LogP contribution in [0.4, 0.5) is 9.93 Å². The molecule has 4 heterocycles. The summed E-state index contributed by atoms with van der Waals surface area (Å²) in [6, 6.07) is 5.60. The number of anilines is 1. The van der Waals surface area contributed by atoms with Crippen LogP contribution in [0.25, 0.3) is 22.3 Å². The minimum atomic E-state index is -3.86. The zero-order valence-electron chi connectivity index (χ0n) is 35.3. The standard InChI is InChI=1S/C43H59N6O9PS/c1-6-55-59(53,56-7-2)43-24-28(43)15-11-9-8-10-12-18-33(47-42(52)58-29-16-13-14-17-29)40(51)49-25-31(22-37(49)39(50)48-43)57-38-23-35(36-26-60-41(46-36)44-27(3)4)45-34-21-30(54-5)19-20-32(34)38/h11,15,19-21,23,26-29,31,33,37H,6-10,12-14,16-18,22,24-25H2,1-5H3,(H,44,46)(H,47,52)(H,48,50)/b15-11-/t28-,31+,33-,37-,43-/m0/s1. The van der Waals surface area contributed by atoms with Crippen LogP contribution in [0.1, 0.15) is 98.3 Å². The Morgan fingerprint density at radius 3 is 2.52 bits per heavy atom. The van der Waals surface area contributed by atoms with E-state index in [1.54, 1.807) is 21.0 Å². The smallest absolute Gasteiger partial charge is 0.408 e. The van der Waals surface area contributed by atoms with E-state index >= 15 is 0 Å². The summed E-state index contributed by atoms with van der Waals surface area (Å²) >= 11 is 1.48. The van der Waals surface area contributed by atoms with E-state index in [0.717, 1.165) is 50.1 Å². The van der Waals surface area contributed by atoms with Gasteiger partial charge in [0.05, 0.1) is 38.1 Å². The van der Waals surface area contributed by atoms with Crippen LogP contribution in [-0.2, 0) is 27.9 Å². The van der Waals surface area contributed by atoms with Gasteiger partial charge >= 0.3 is 13.7 Å². The first-order chi connectivity index (χ1) is 28.9. The third kappa shape index (κ3) is 9.77. The second-order valence-electron chi connectivity index (χ2n) is 16.3. The molecule has 60 heavy (non-hydrogen) atoms. The molecule has 3 fully saturated rings. The number of amides is 3. The lowest BCUT2D eigenvalue weighted by molar-refractivity contribution is -0.140. The number of carbonyl (C=O) groups is 3. The van der Waals surface area contributed by atoms with Gasteiger partial charge in [-0.25, -0.2) is 14.8 Å². The highest BCUT2D eigenvalue weighted by Crippen LogP contribution is 2.73. The number of aromatic nitrogens is 2. The highest BCUT2D eigenvalue weighted by Gasteiger charge is 2.68. The second kappa shape index (κ2) is 19.2. The van der Waals surface area contributed by atoms with Gasteiger partial charge in [-0.3, -0.25) is 14.2 Å². The van der Waals surface area contributed by atoms with Crippen molar-refractivity contribution in [3.05, 3.63) is 41.8 Å². The molecule has 3 amide bonds. The highest BCUT2D eigenvalue weighted by atomic mass is 32.1. The average molecular weight is 867 g/mol. The van der Waals surface area contributed by atoms with Crippen molar-refractivity contribution in [2.45, 2.75) is 134 Å². The molecular formula is C43H59N6O9PS. The summed E-state index contributed by atoms with van der Waals surface area (Å²) in [5, 5.41) is 11.5. The van der Waals surface area contributed by atoms with Crippen LogP contribution >= 0.6 is 18.9 Å². The number of benzene rings is 1. The minimum Gasteiger partial charge on any atom is -0.497 e. The number of ether oxygens (including phenoxy) is 3. The van der Waals surface area contributed by atoms with Crippen LogP contribution in [0.5, 0.6) is 11.5 Å². The molecule has 2 aliphatic heterocycles. The van der Waals surface area contributed by atoms with Crippen LogP contribution < -0.4 is 25.4 Å². The van der Waals surface area contributed by atoms with Crippen molar-refractivity contribution >= 4 is 52.9 Å². The summed E-state index contributed by atoms with van der Waals surface area (Å²) < 4.78 is 44.4. The van der Waals surface area contributed by atoms with Gasteiger partial charge in [0.1, 0.15) is 46.8 Å². The van der Waals surface area contributed by atoms with Gasteiger partial charge in [-0.15, -0.1) is 11.3 Å². The molecule has 0 bridgehead atoms. The Morgan fingerprint density at radius 1 is 1.02 bits per heavy atom. The van der Waals surface area contributed by atoms with Crippen LogP contribution in [0, 0.1) is 5.92 Å². The Hall–Kier alpha value is -4.24. The van der Waals surface area contributed by atoms with Crippen LogP contribution in [0.2, 0.25) is 0 Å². The quantitative estimate of drug-likeness (QED) is 0.111. The van der Waals surface area contributed by atoms with Gasteiger partial charge in [0, 0.05) is 41.3 Å². The van der Waals surface area contributed by atoms with E-state index in [0.29, 0.717) is 53.1 Å². The lowest BCUT2D eigenvalue weighted by Crippen LogP contribution is -2.55. The number of hydrogen-bond acceptors (Lipinski definition) is 13. The van der Waals surface area contributed by atoms with Gasteiger partial charge in [0.15, 0.2) is 5.13 Å². The number of thiazole rings is 1. The van der Waals surface area contributed by atoms with E-state index in [1.807, 2.05) is 49.6 Å². The third-order valence-electron chi connectivity index (χ3n) is 11.6. The van der Waals surface area contributed by atoms with Crippen molar-refractivity contribution in [2.24, 2.45) is 5.92 Å². The molecule has 2 saturated carbocycles. The zero-order valence-corrected chi connectivity index (χ0v) is 37.0. The number of alkyl carbamates (subject to hydrolysis) is 1. The Bertz CT molecular complexity index is 2080. The predicted molar refractivity (Wildman–Crippen MR) is 230 cm³/mol. The number of hydrogen-bond donors (Lipinski definition) is 3. The summed E-state index contributed by atoms with van der Waals surface area (Å²) in [5.41, 5.74) is 1.87. The van der Waals surface area contributed by atoms with Crippen molar-refractivity contribution in [1.82, 2.24) is 25.5 Å². The number of pyridine rings is 1. The fourth-order valence-corrected chi connectivity index (χ4v) is 11.8. The van der Waals surface area contributed by atoms with E-state index in [-0.39, 0.29) is 44.2 Å². The number of carbonyl (C=O) groups excluding carboxylic acids is 3. The number of rotatable bonds is 13. The monoisotopic (exact) mass is 866 g/mol. The molecule has 3 N–H and O–H groups in total. The molecule has 0 spiro atoms. The van der Waals surface area contributed by atoms with Gasteiger partial charge in [-0.1, -0.05) is 25.0 Å². The molecule has 17 heteroatoms. The van der Waals surface area contributed by atoms with Gasteiger partial charge in [-0.2, -0.15) is 0 Å². The molecule has 5 atom stereocenters. The largest absolute Gasteiger partial charge is 0.497 e. The first-order valence-corrected chi connectivity index (χ1v) is 23.9. The number of methoxy groups -OCH3 is 1. The van der Waals surface area contributed by atoms with Gasteiger partial charge in [0.25, 0.3) is 0 Å². The van der Waals surface area contributed by atoms with Gasteiger partial charge in [0.2, 0.25) is 11.8 Å². The maximum atomic E-state index is 14.8. The lowest BCUT2D eigenvalue weighted by Gasteiger charge is -2.32.